The zero-order valence-electron chi connectivity index (χ0n) is 18.4. The van der Waals surface area contributed by atoms with E-state index in [0.29, 0.717) is 5.76 Å². The third-order valence-electron chi connectivity index (χ3n) is 4.91. The third kappa shape index (κ3) is 5.73. The van der Waals surface area contributed by atoms with E-state index in [1.807, 2.05) is 0 Å². The first-order valence-electron chi connectivity index (χ1n) is 9.88. The Kier molecular flexibility index (Phi) is 7.41. The van der Waals surface area contributed by atoms with Crippen LogP contribution in [0.1, 0.15) is 25.3 Å². The number of amides is 2. The van der Waals surface area contributed by atoms with Gasteiger partial charge in [0, 0.05) is 17.9 Å². The van der Waals surface area contributed by atoms with E-state index in [4.69, 9.17) is 20.8 Å². The van der Waals surface area contributed by atoms with Crippen molar-refractivity contribution in [1.82, 2.24) is 20.1 Å². The van der Waals surface area contributed by atoms with Gasteiger partial charge in [0.05, 0.1) is 24.0 Å². The van der Waals surface area contributed by atoms with Crippen molar-refractivity contribution in [3.63, 3.8) is 0 Å². The second-order valence-corrected chi connectivity index (χ2v) is 10.2. The Balaban J connectivity index is 1.86. The fourth-order valence-electron chi connectivity index (χ4n) is 3.03. The number of rotatable bonds is 10. The Hall–Kier alpha value is -3.19. The molecule has 1 fully saturated rings. The van der Waals surface area contributed by atoms with Crippen molar-refractivity contribution in [2.45, 2.75) is 50.0 Å². The van der Waals surface area contributed by atoms with E-state index in [1.54, 1.807) is 0 Å². The summed E-state index contributed by atoms with van der Waals surface area (Å²) >= 11 is 1.10. The molecule has 3 rings (SSSR count). The van der Waals surface area contributed by atoms with Gasteiger partial charge in [0.2, 0.25) is 5.60 Å². The van der Waals surface area contributed by atoms with Crippen LogP contribution < -0.4 is 22.1 Å². The van der Waals surface area contributed by atoms with Gasteiger partial charge in [-0.05, 0) is 13.8 Å². The average Bonchev–Trinajstić information content (AvgIpc) is 3.39. The molecule has 0 aromatic carbocycles. The average molecular weight is 534 g/mol. The quantitative estimate of drug-likeness (QED) is 0.0810. The van der Waals surface area contributed by atoms with Gasteiger partial charge < -0.3 is 36.6 Å². The highest BCUT2D eigenvalue weighted by Crippen LogP contribution is 2.27. The van der Waals surface area contributed by atoms with Crippen molar-refractivity contribution < 1.29 is 41.8 Å². The van der Waals surface area contributed by atoms with E-state index < -0.39 is 57.0 Å². The van der Waals surface area contributed by atoms with Gasteiger partial charge in [-0.25, -0.2) is 9.10 Å². The molecule has 3 heterocycles. The van der Waals surface area contributed by atoms with Crippen LogP contribution in [-0.4, -0.2) is 74.2 Å². The van der Waals surface area contributed by atoms with Crippen LogP contribution in [0.5, 0.6) is 0 Å². The number of carboxylic acid groups (broad SMARTS) is 1. The zero-order valence-corrected chi connectivity index (χ0v) is 20.0. The molecule has 8 N–H and O–H groups in total. The largest absolute Gasteiger partial charge is 0.478 e. The fraction of sp³-hybridized carbons (Fsp3) is 0.471. The summed E-state index contributed by atoms with van der Waals surface area (Å²) in [5, 5.41) is 23.1. The Morgan fingerprint density at radius 2 is 2.14 bits per heavy atom. The Morgan fingerprint density at radius 1 is 1.46 bits per heavy atom. The van der Waals surface area contributed by atoms with E-state index in [1.165, 1.54) is 25.3 Å². The van der Waals surface area contributed by atoms with Crippen LogP contribution >= 0.6 is 11.8 Å². The Labute approximate surface area is 202 Å². The summed E-state index contributed by atoms with van der Waals surface area (Å²) in [7, 11) is -4.95. The molecule has 0 spiro atoms. The highest BCUT2D eigenvalue weighted by atomic mass is 32.2. The molecule has 2 amide bonds. The number of nitrogens with one attached hydrogen (secondary N) is 2. The number of aliphatic carboxylic acids is 1. The van der Waals surface area contributed by atoms with E-state index in [9.17, 15) is 32.5 Å². The van der Waals surface area contributed by atoms with Gasteiger partial charge in [0.15, 0.2) is 11.5 Å². The molecule has 192 valence electrons. The Morgan fingerprint density at radius 3 is 2.66 bits per heavy atom. The molecule has 1 saturated heterocycles. The van der Waals surface area contributed by atoms with E-state index in [-0.39, 0.29) is 28.7 Å². The van der Waals surface area contributed by atoms with Gasteiger partial charge in [-0.3, -0.25) is 14.1 Å². The van der Waals surface area contributed by atoms with Gasteiger partial charge in [0.25, 0.3) is 11.8 Å². The Bertz CT molecular complexity index is 1190. The first-order chi connectivity index (χ1) is 16.2. The molecule has 3 atom stereocenters. The minimum absolute atomic E-state index is 0.0214. The normalized spacial score (nSPS) is 22.8. The minimum Gasteiger partial charge on any atom is -0.478 e. The minimum atomic E-state index is -4.95. The molecule has 2 aliphatic rings. The van der Waals surface area contributed by atoms with Crippen LogP contribution in [-0.2, 0) is 42.5 Å². The molecule has 3 unspecified atom stereocenters. The second-order valence-electron chi connectivity index (χ2n) is 7.90. The monoisotopic (exact) mass is 533 g/mol. The smallest absolute Gasteiger partial charge is 0.362 e. The third-order valence-corrected chi connectivity index (χ3v) is 6.64. The number of carbonyl (C=O) groups is 3. The van der Waals surface area contributed by atoms with Gasteiger partial charge in [-0.15, -0.1) is 0 Å². The number of hydrogen-bond donors (Lipinski definition) is 6. The lowest BCUT2D eigenvalue weighted by Gasteiger charge is -2.43. The maximum atomic E-state index is 13.0. The maximum Gasteiger partial charge on any atom is 0.362 e. The molecule has 16 nitrogen and oxygen atoms in total. The summed E-state index contributed by atoms with van der Waals surface area (Å²) in [5.74, 6) is -3.17. The number of nitrogens with two attached hydrogens (primary N) is 2. The van der Waals surface area contributed by atoms with Crippen molar-refractivity contribution in [1.29, 1.82) is 0 Å². The predicted molar refractivity (Wildman–Crippen MR) is 119 cm³/mol. The highest BCUT2D eigenvalue weighted by molar-refractivity contribution is 8.02. The van der Waals surface area contributed by atoms with Crippen molar-refractivity contribution in [2.24, 2.45) is 16.6 Å². The van der Waals surface area contributed by atoms with Crippen LogP contribution in [0, 0.1) is 0 Å². The summed E-state index contributed by atoms with van der Waals surface area (Å²) in [4.78, 5) is 41.9. The van der Waals surface area contributed by atoms with Gasteiger partial charge in [0.1, 0.15) is 11.5 Å². The number of β-lactam (4-membered cyclic amide) rings is 1. The van der Waals surface area contributed by atoms with E-state index in [0.717, 1.165) is 11.8 Å². The van der Waals surface area contributed by atoms with Gasteiger partial charge >= 0.3 is 16.3 Å². The molecular formula is C17H23N7O9S2. The number of carbonyl (C=O) groups excluding carboxylic acids is 2. The number of carboxylic acids is 1. The first-order valence-corrected chi connectivity index (χ1v) is 12.2. The van der Waals surface area contributed by atoms with Crippen LogP contribution in [0.2, 0.25) is 0 Å². The van der Waals surface area contributed by atoms with E-state index >= 15 is 0 Å². The maximum absolute atomic E-state index is 13.0. The summed E-state index contributed by atoms with van der Waals surface area (Å²) in [6.45, 7) is 2.43. The molecule has 0 aliphatic carbocycles. The molecule has 18 heteroatoms. The molecular weight excluding hydrogens is 510 g/mol. The highest BCUT2D eigenvalue weighted by Gasteiger charge is 2.54. The number of hydrogen-bond acceptors (Lipinski definition) is 13. The van der Waals surface area contributed by atoms with Crippen molar-refractivity contribution in [2.75, 3.05) is 0 Å². The standard InChI is InChI=1S/C17H23N7O9S2/c1-17(2,15(27)28)33-23-11(9-6-34-16(19)20-9)13(25)21-12-10(24(14(12)26)35(29,30)31)4-7-3-8(5-18)32-22-7/h3,6,10,12,16,20H,4-5,18-19H2,1-2H3,(H,21,25)(H,27,28)(H,29,30,31)/b23-11-. The lowest BCUT2D eigenvalue weighted by atomic mass is 9.93. The molecule has 35 heavy (non-hydrogen) atoms. The van der Waals surface area contributed by atoms with Gasteiger partial charge in [-0.1, -0.05) is 22.1 Å². The molecule has 1 aromatic heterocycles. The number of oxime groups is 1. The molecule has 1 aromatic rings. The van der Waals surface area contributed by atoms with Crippen molar-refractivity contribution >= 4 is 45.6 Å². The first kappa shape index (κ1) is 26.4. The SMILES string of the molecule is CC(C)(O/N=C(\C(=O)NC1C(=O)N(S(=O)(=O)O)C1Cc1cc(CN)on1)C1=CSC(N)N1)C(=O)O. The molecule has 0 saturated carbocycles. The fourth-order valence-corrected chi connectivity index (χ4v) is 4.57. The lowest BCUT2D eigenvalue weighted by Crippen LogP contribution is -2.73. The van der Waals surface area contributed by atoms with Crippen LogP contribution in [0.15, 0.2) is 26.9 Å². The number of thioether (sulfide) groups is 1. The molecule has 0 radical (unpaired) electrons. The van der Waals surface area contributed by atoms with Crippen molar-refractivity contribution in [3.05, 3.63) is 28.6 Å². The number of nitrogens with zero attached hydrogens (tertiary/aromatic N) is 3. The summed E-state index contributed by atoms with van der Waals surface area (Å²) in [6, 6.07) is -1.23. The number of aromatic nitrogens is 1. The van der Waals surface area contributed by atoms with Crippen LogP contribution in [0.25, 0.3) is 0 Å². The molecule has 2 aliphatic heterocycles. The zero-order chi connectivity index (χ0) is 26.1. The van der Waals surface area contributed by atoms with E-state index in [2.05, 4.69) is 20.9 Å². The van der Waals surface area contributed by atoms with Crippen molar-refractivity contribution in [3.8, 4) is 0 Å². The molecule has 0 bridgehead atoms. The van der Waals surface area contributed by atoms with Gasteiger partial charge in [-0.2, -0.15) is 8.42 Å². The van der Waals surface area contributed by atoms with Crippen LogP contribution in [0.4, 0.5) is 0 Å². The summed E-state index contributed by atoms with van der Waals surface area (Å²) < 4.78 is 38.1. The second kappa shape index (κ2) is 9.82. The summed E-state index contributed by atoms with van der Waals surface area (Å²) in [6.07, 6.45) is -0.212. The predicted octanol–water partition coefficient (Wildman–Crippen LogP) is -2.17. The lowest BCUT2D eigenvalue weighted by molar-refractivity contribution is -0.161. The summed E-state index contributed by atoms with van der Waals surface area (Å²) in [5.41, 5.74) is 8.63. The van der Waals surface area contributed by atoms with Crippen LogP contribution in [0.3, 0.4) is 0 Å². The topological polar surface area (TPSA) is 253 Å².